The highest BCUT2D eigenvalue weighted by Gasteiger charge is 2.29. The van der Waals surface area contributed by atoms with Crippen molar-refractivity contribution in [2.45, 2.75) is 25.4 Å². The molecule has 1 fully saturated rings. The molecule has 0 aliphatic carbocycles. The zero-order valence-electron chi connectivity index (χ0n) is 13.1. The van der Waals surface area contributed by atoms with Gasteiger partial charge in [0.15, 0.2) is 0 Å². The van der Waals surface area contributed by atoms with Crippen LogP contribution in [-0.2, 0) is 6.42 Å². The average Bonchev–Trinajstić information content (AvgIpc) is 2.44. The van der Waals surface area contributed by atoms with E-state index in [0.29, 0.717) is 18.0 Å². The van der Waals surface area contributed by atoms with E-state index in [4.69, 9.17) is 0 Å². The average molecular weight is 297 g/mol. The molecule has 2 atom stereocenters. The zero-order valence-corrected chi connectivity index (χ0v) is 13.1. The maximum Gasteiger partial charge on any atom is 0.129 e. The van der Waals surface area contributed by atoms with Crippen LogP contribution in [0.3, 0.4) is 0 Å². The van der Waals surface area contributed by atoms with Crippen molar-refractivity contribution >= 4 is 0 Å². The number of nitrogens with one attached hydrogen (secondary N) is 1. The van der Waals surface area contributed by atoms with Gasteiger partial charge in [-0.15, -0.1) is 0 Å². The third-order valence-electron chi connectivity index (χ3n) is 4.29. The summed E-state index contributed by atoms with van der Waals surface area (Å²) in [5.41, 5.74) is 0.573. The quantitative estimate of drug-likeness (QED) is 0.893. The van der Waals surface area contributed by atoms with Gasteiger partial charge in [0.05, 0.1) is 0 Å². The van der Waals surface area contributed by atoms with Gasteiger partial charge in [0.25, 0.3) is 0 Å². The summed E-state index contributed by atoms with van der Waals surface area (Å²) in [4.78, 5) is 4.63. The molecule has 1 saturated heterocycles. The summed E-state index contributed by atoms with van der Waals surface area (Å²) in [5, 5.41) is 3.46. The van der Waals surface area contributed by atoms with Gasteiger partial charge in [-0.3, -0.25) is 4.90 Å². The molecule has 118 valence electrons. The molecule has 0 amide bonds. The Morgan fingerprint density at radius 3 is 2.71 bits per heavy atom. The summed E-state index contributed by atoms with van der Waals surface area (Å²) in [6, 6.07) is 4.34. The minimum Gasteiger partial charge on any atom is -0.312 e. The van der Waals surface area contributed by atoms with Crippen LogP contribution in [0, 0.1) is 11.6 Å². The maximum absolute atomic E-state index is 13.9. The molecule has 2 unspecified atom stereocenters. The van der Waals surface area contributed by atoms with E-state index in [1.165, 1.54) is 6.07 Å². The highest BCUT2D eigenvalue weighted by atomic mass is 19.1. The molecule has 21 heavy (non-hydrogen) atoms. The van der Waals surface area contributed by atoms with E-state index in [-0.39, 0.29) is 6.04 Å². The molecular weight excluding hydrogens is 272 g/mol. The first-order chi connectivity index (χ1) is 10.0. The van der Waals surface area contributed by atoms with Crippen molar-refractivity contribution in [2.75, 3.05) is 40.3 Å². The van der Waals surface area contributed by atoms with Gasteiger partial charge < -0.3 is 10.2 Å². The first-order valence-electron chi connectivity index (χ1n) is 7.57. The maximum atomic E-state index is 13.9. The molecule has 1 N–H and O–H groups in total. The first-order valence-corrected chi connectivity index (χ1v) is 7.57. The van der Waals surface area contributed by atoms with Gasteiger partial charge in [0.1, 0.15) is 11.6 Å². The van der Waals surface area contributed by atoms with Gasteiger partial charge in [-0.2, -0.15) is 0 Å². The number of halogens is 2. The van der Waals surface area contributed by atoms with Gasteiger partial charge in [0, 0.05) is 37.8 Å². The number of nitrogens with zero attached hydrogens (tertiary/aromatic N) is 2. The number of hydrogen-bond acceptors (Lipinski definition) is 3. The molecular formula is C16H25F2N3. The molecule has 1 aliphatic rings. The molecule has 2 rings (SSSR count). The molecule has 0 spiro atoms. The second kappa shape index (κ2) is 7.29. The molecule has 0 radical (unpaired) electrons. The van der Waals surface area contributed by atoms with Gasteiger partial charge in [-0.25, -0.2) is 8.78 Å². The highest BCUT2D eigenvalue weighted by molar-refractivity contribution is 5.20. The van der Waals surface area contributed by atoms with Crippen LogP contribution in [0.5, 0.6) is 0 Å². The SMILES string of the molecule is CCNC(Cc1ccc(F)cc1F)C1CN(C)CCN1C. The molecule has 1 aromatic carbocycles. The Morgan fingerprint density at radius 2 is 2.05 bits per heavy atom. The predicted octanol–water partition coefficient (Wildman–Crippen LogP) is 1.73. The summed E-state index contributed by atoms with van der Waals surface area (Å²) in [6.07, 6.45) is 0.572. The molecule has 1 aliphatic heterocycles. The molecule has 0 aromatic heterocycles. The van der Waals surface area contributed by atoms with E-state index in [0.717, 1.165) is 32.2 Å². The fraction of sp³-hybridized carbons (Fsp3) is 0.625. The summed E-state index contributed by atoms with van der Waals surface area (Å²) >= 11 is 0. The van der Waals surface area contributed by atoms with Crippen LogP contribution in [0.15, 0.2) is 18.2 Å². The van der Waals surface area contributed by atoms with E-state index in [1.807, 2.05) is 0 Å². The van der Waals surface area contributed by atoms with Crippen LogP contribution in [0.2, 0.25) is 0 Å². The molecule has 0 saturated carbocycles. The van der Waals surface area contributed by atoms with Crippen molar-refractivity contribution in [3.8, 4) is 0 Å². The Hall–Kier alpha value is -1.04. The number of hydrogen-bond donors (Lipinski definition) is 1. The van der Waals surface area contributed by atoms with Crippen molar-refractivity contribution in [3.63, 3.8) is 0 Å². The monoisotopic (exact) mass is 297 g/mol. The molecule has 1 aromatic rings. The van der Waals surface area contributed by atoms with Gasteiger partial charge in [-0.05, 0) is 38.7 Å². The smallest absolute Gasteiger partial charge is 0.129 e. The van der Waals surface area contributed by atoms with Crippen LogP contribution in [0.1, 0.15) is 12.5 Å². The van der Waals surface area contributed by atoms with E-state index in [1.54, 1.807) is 6.07 Å². The second-order valence-corrected chi connectivity index (χ2v) is 5.91. The van der Waals surface area contributed by atoms with Crippen molar-refractivity contribution in [2.24, 2.45) is 0 Å². The number of likely N-dealkylation sites (N-methyl/N-ethyl adjacent to an activating group) is 3. The van der Waals surface area contributed by atoms with Gasteiger partial charge >= 0.3 is 0 Å². The highest BCUT2D eigenvalue weighted by Crippen LogP contribution is 2.17. The van der Waals surface area contributed by atoms with Crippen LogP contribution >= 0.6 is 0 Å². The fourth-order valence-corrected chi connectivity index (χ4v) is 3.01. The Labute approximate surface area is 125 Å². The minimum atomic E-state index is -0.522. The first kappa shape index (κ1) is 16.3. The third-order valence-corrected chi connectivity index (χ3v) is 4.29. The Balaban J connectivity index is 2.14. The Morgan fingerprint density at radius 1 is 1.29 bits per heavy atom. The van der Waals surface area contributed by atoms with Crippen molar-refractivity contribution in [3.05, 3.63) is 35.4 Å². The zero-order chi connectivity index (χ0) is 15.4. The summed E-state index contributed by atoms with van der Waals surface area (Å²) in [6.45, 7) is 5.91. The molecule has 0 bridgehead atoms. The number of benzene rings is 1. The number of piperazine rings is 1. The van der Waals surface area contributed by atoms with Gasteiger partial charge in [-0.1, -0.05) is 13.0 Å². The second-order valence-electron chi connectivity index (χ2n) is 5.91. The van der Waals surface area contributed by atoms with Crippen LogP contribution in [0.4, 0.5) is 8.78 Å². The van der Waals surface area contributed by atoms with E-state index >= 15 is 0 Å². The molecule has 3 nitrogen and oxygen atoms in total. The standard InChI is InChI=1S/C16H25F2N3/c1-4-19-15(16-11-20(2)7-8-21(16)3)9-12-5-6-13(17)10-14(12)18/h5-6,10,15-16,19H,4,7-9,11H2,1-3H3. The largest absolute Gasteiger partial charge is 0.312 e. The van der Waals surface area contributed by atoms with Crippen LogP contribution < -0.4 is 5.32 Å². The summed E-state index contributed by atoms with van der Waals surface area (Å²) in [7, 11) is 4.23. The lowest BCUT2D eigenvalue weighted by atomic mass is 9.96. The summed E-state index contributed by atoms with van der Waals surface area (Å²) in [5.74, 6) is -0.976. The Kier molecular flexibility index (Phi) is 5.67. The number of rotatable bonds is 5. The Bertz CT molecular complexity index is 467. The lowest BCUT2D eigenvalue weighted by molar-refractivity contribution is 0.0878. The third kappa shape index (κ3) is 4.22. The fourth-order valence-electron chi connectivity index (χ4n) is 3.01. The lowest BCUT2D eigenvalue weighted by Crippen LogP contribution is -2.59. The minimum absolute atomic E-state index is 0.155. The van der Waals surface area contributed by atoms with E-state index < -0.39 is 11.6 Å². The lowest BCUT2D eigenvalue weighted by Gasteiger charge is -2.42. The predicted molar refractivity (Wildman–Crippen MR) is 81.4 cm³/mol. The van der Waals surface area contributed by atoms with Crippen molar-refractivity contribution in [1.82, 2.24) is 15.1 Å². The van der Waals surface area contributed by atoms with Crippen molar-refractivity contribution in [1.29, 1.82) is 0 Å². The van der Waals surface area contributed by atoms with Gasteiger partial charge in [0.2, 0.25) is 0 Å². The normalized spacial score (nSPS) is 22.4. The topological polar surface area (TPSA) is 18.5 Å². The summed E-state index contributed by atoms with van der Waals surface area (Å²) < 4.78 is 26.9. The molecule has 1 heterocycles. The van der Waals surface area contributed by atoms with Crippen molar-refractivity contribution < 1.29 is 8.78 Å². The van der Waals surface area contributed by atoms with Crippen LogP contribution in [0.25, 0.3) is 0 Å². The van der Waals surface area contributed by atoms with Crippen LogP contribution in [-0.4, -0.2) is 62.2 Å². The molecule has 5 heteroatoms. The van der Waals surface area contributed by atoms with E-state index in [9.17, 15) is 8.78 Å². The van der Waals surface area contributed by atoms with E-state index in [2.05, 4.69) is 36.1 Å².